The first kappa shape index (κ1) is 17.0. The molecule has 7 heteroatoms. The average Bonchev–Trinajstić information content (AvgIpc) is 2.94. The van der Waals surface area contributed by atoms with Crippen molar-refractivity contribution in [1.29, 1.82) is 0 Å². The Kier molecular flexibility index (Phi) is 4.36. The topological polar surface area (TPSA) is 87.3 Å². The fourth-order valence-electron chi connectivity index (χ4n) is 3.43. The molecule has 1 saturated carbocycles. The van der Waals surface area contributed by atoms with Gasteiger partial charge in [-0.3, -0.25) is 0 Å². The number of aromatic nitrogens is 1. The van der Waals surface area contributed by atoms with Crippen LogP contribution < -0.4 is 16.2 Å². The molecule has 26 heavy (non-hydrogen) atoms. The molecule has 0 saturated heterocycles. The monoisotopic (exact) mass is 375 g/mol. The lowest BCUT2D eigenvalue weighted by Crippen LogP contribution is -2.20. The lowest BCUT2D eigenvalue weighted by Gasteiger charge is -2.22. The summed E-state index contributed by atoms with van der Waals surface area (Å²) in [6.07, 6.45) is 7.24. The second-order valence-corrected chi connectivity index (χ2v) is 6.98. The lowest BCUT2D eigenvalue weighted by molar-refractivity contribution is 0.149. The second kappa shape index (κ2) is 6.68. The molecule has 0 spiro atoms. The van der Waals surface area contributed by atoms with Crippen LogP contribution in [-0.2, 0) is 0 Å². The van der Waals surface area contributed by atoms with E-state index in [1.54, 1.807) is 12.3 Å². The number of benzene rings is 1. The summed E-state index contributed by atoms with van der Waals surface area (Å²) >= 11 is 5.92. The normalized spacial score (nSPS) is 15.5. The van der Waals surface area contributed by atoms with Gasteiger partial charge < -0.3 is 20.6 Å². The van der Waals surface area contributed by atoms with Gasteiger partial charge in [0, 0.05) is 11.8 Å². The Bertz CT molecular complexity index is 967. The van der Waals surface area contributed by atoms with Crippen LogP contribution in [0.2, 0.25) is 5.02 Å². The molecule has 1 fully saturated rings. The van der Waals surface area contributed by atoms with E-state index in [0.717, 1.165) is 25.7 Å². The maximum atomic E-state index is 13.5. The molecule has 0 bridgehead atoms. The van der Waals surface area contributed by atoms with Crippen LogP contribution in [0, 0.1) is 5.82 Å². The minimum absolute atomic E-state index is 0.0215. The smallest absolute Gasteiger partial charge is 0.258 e. The largest absolute Gasteiger partial charge is 0.472 e. The molecule has 0 unspecified atom stereocenters. The number of nitrogens with two attached hydrogens (primary N) is 2. The van der Waals surface area contributed by atoms with Gasteiger partial charge in [0.05, 0.1) is 10.4 Å². The summed E-state index contributed by atoms with van der Waals surface area (Å²) in [7, 11) is 0. The van der Waals surface area contributed by atoms with Crippen LogP contribution in [0.25, 0.3) is 22.1 Å². The van der Waals surface area contributed by atoms with Gasteiger partial charge >= 0.3 is 0 Å². The van der Waals surface area contributed by atoms with Crippen molar-refractivity contribution in [3.8, 4) is 17.0 Å². The first-order valence-corrected chi connectivity index (χ1v) is 9.01. The number of anilines is 2. The third-order valence-electron chi connectivity index (χ3n) is 4.81. The molecular formula is C19H19ClFN3O2. The molecule has 1 aromatic carbocycles. The summed E-state index contributed by atoms with van der Waals surface area (Å²) in [6, 6.07) is 4.44. The molecular weight excluding hydrogens is 357 g/mol. The minimum atomic E-state index is -0.489. The molecule has 2 aromatic heterocycles. The van der Waals surface area contributed by atoms with Crippen molar-refractivity contribution in [3.05, 3.63) is 35.2 Å². The van der Waals surface area contributed by atoms with Crippen LogP contribution in [0.4, 0.5) is 16.0 Å². The van der Waals surface area contributed by atoms with Gasteiger partial charge in [-0.25, -0.2) is 9.37 Å². The Hall–Kier alpha value is -2.47. The zero-order chi connectivity index (χ0) is 18.3. The molecule has 136 valence electrons. The highest BCUT2D eigenvalue weighted by atomic mass is 35.5. The van der Waals surface area contributed by atoms with Gasteiger partial charge in [0.25, 0.3) is 5.88 Å². The predicted octanol–water partition coefficient (Wildman–Crippen LogP) is 5.16. The molecule has 0 aliphatic heterocycles. The van der Waals surface area contributed by atoms with Crippen LogP contribution >= 0.6 is 11.6 Å². The summed E-state index contributed by atoms with van der Waals surface area (Å²) in [4.78, 5) is 4.42. The SMILES string of the molecule is Nc1oc2c(OC3CCCCC3)ncc(-c3ccc(F)c(Cl)c3)c2c1N. The number of hydrogen-bond acceptors (Lipinski definition) is 5. The Labute approximate surface area is 155 Å². The van der Waals surface area contributed by atoms with Crippen LogP contribution in [0.5, 0.6) is 5.88 Å². The van der Waals surface area contributed by atoms with E-state index < -0.39 is 5.82 Å². The molecule has 5 nitrogen and oxygen atoms in total. The van der Waals surface area contributed by atoms with Gasteiger partial charge in [0.2, 0.25) is 11.5 Å². The van der Waals surface area contributed by atoms with E-state index in [-0.39, 0.29) is 17.0 Å². The first-order chi connectivity index (χ1) is 12.5. The third-order valence-corrected chi connectivity index (χ3v) is 5.10. The molecule has 0 amide bonds. The van der Waals surface area contributed by atoms with Gasteiger partial charge in [0.15, 0.2) is 0 Å². The van der Waals surface area contributed by atoms with Gasteiger partial charge in [-0.1, -0.05) is 24.1 Å². The van der Waals surface area contributed by atoms with Crippen LogP contribution in [0.1, 0.15) is 32.1 Å². The quantitative estimate of drug-likeness (QED) is 0.659. The number of nitrogens with zero attached hydrogens (tertiary/aromatic N) is 1. The van der Waals surface area contributed by atoms with Gasteiger partial charge in [-0.2, -0.15) is 0 Å². The number of pyridine rings is 1. The number of ether oxygens (including phenoxy) is 1. The fraction of sp³-hybridized carbons (Fsp3) is 0.316. The van der Waals surface area contributed by atoms with Gasteiger partial charge in [-0.05, 0) is 43.4 Å². The Morgan fingerprint density at radius 1 is 1.19 bits per heavy atom. The Morgan fingerprint density at radius 3 is 2.69 bits per heavy atom. The van der Waals surface area contributed by atoms with Crippen molar-refractivity contribution in [3.63, 3.8) is 0 Å². The molecule has 0 atom stereocenters. The van der Waals surface area contributed by atoms with Gasteiger partial charge in [-0.15, -0.1) is 0 Å². The van der Waals surface area contributed by atoms with Crippen molar-refractivity contribution in [2.75, 3.05) is 11.5 Å². The number of rotatable bonds is 3. The standard InChI is InChI=1S/C19H19ClFN3O2/c20-13-8-10(6-7-14(13)21)12-9-24-19(25-11-4-2-1-3-5-11)17-15(12)16(22)18(23)26-17/h6-9,11H,1-5,22-23H2. The summed E-state index contributed by atoms with van der Waals surface area (Å²) in [5.41, 5.74) is 14.1. The zero-order valence-corrected chi connectivity index (χ0v) is 14.9. The first-order valence-electron chi connectivity index (χ1n) is 8.63. The average molecular weight is 376 g/mol. The van der Waals surface area contributed by atoms with Gasteiger partial charge in [0.1, 0.15) is 17.6 Å². The zero-order valence-electron chi connectivity index (χ0n) is 14.1. The van der Waals surface area contributed by atoms with E-state index in [2.05, 4.69) is 4.98 Å². The highest BCUT2D eigenvalue weighted by molar-refractivity contribution is 6.31. The highest BCUT2D eigenvalue weighted by Gasteiger charge is 2.23. The van der Waals surface area contributed by atoms with E-state index in [1.807, 2.05) is 0 Å². The number of furan rings is 1. The summed E-state index contributed by atoms with van der Waals surface area (Å²) in [6.45, 7) is 0. The molecule has 1 aliphatic carbocycles. The molecule has 3 aromatic rings. The van der Waals surface area contributed by atoms with Crippen molar-refractivity contribution in [2.45, 2.75) is 38.2 Å². The molecule has 0 radical (unpaired) electrons. The summed E-state index contributed by atoms with van der Waals surface area (Å²) < 4.78 is 25.2. The molecule has 4 N–H and O–H groups in total. The van der Waals surface area contributed by atoms with Crippen molar-refractivity contribution in [2.24, 2.45) is 0 Å². The third kappa shape index (κ3) is 2.94. The van der Waals surface area contributed by atoms with E-state index in [4.69, 9.17) is 32.2 Å². The molecule has 1 aliphatic rings. The maximum absolute atomic E-state index is 13.5. The second-order valence-electron chi connectivity index (χ2n) is 6.57. The Morgan fingerprint density at radius 2 is 1.96 bits per heavy atom. The minimum Gasteiger partial charge on any atom is -0.472 e. The van der Waals surface area contributed by atoms with E-state index in [0.29, 0.717) is 33.7 Å². The van der Waals surface area contributed by atoms with Crippen LogP contribution in [0.15, 0.2) is 28.8 Å². The van der Waals surface area contributed by atoms with E-state index in [1.165, 1.54) is 18.6 Å². The van der Waals surface area contributed by atoms with Crippen LogP contribution in [0.3, 0.4) is 0 Å². The van der Waals surface area contributed by atoms with E-state index >= 15 is 0 Å². The summed E-state index contributed by atoms with van der Waals surface area (Å²) in [5, 5.41) is 0.624. The number of fused-ring (bicyclic) bond motifs is 1. The summed E-state index contributed by atoms with van der Waals surface area (Å²) in [5.74, 6) is -0.000220. The predicted molar refractivity (Wildman–Crippen MR) is 101 cm³/mol. The van der Waals surface area contributed by atoms with Crippen molar-refractivity contribution < 1.29 is 13.5 Å². The van der Waals surface area contributed by atoms with Crippen LogP contribution in [-0.4, -0.2) is 11.1 Å². The van der Waals surface area contributed by atoms with Crippen molar-refractivity contribution >= 4 is 34.1 Å². The number of nitrogen functional groups attached to an aromatic ring is 2. The highest BCUT2D eigenvalue weighted by Crippen LogP contribution is 2.42. The molecule has 4 rings (SSSR count). The fourth-order valence-corrected chi connectivity index (χ4v) is 3.61. The lowest BCUT2D eigenvalue weighted by atomic mass is 9.98. The molecule has 2 heterocycles. The number of halogens is 2. The van der Waals surface area contributed by atoms with Crippen molar-refractivity contribution in [1.82, 2.24) is 4.98 Å². The van der Waals surface area contributed by atoms with E-state index in [9.17, 15) is 4.39 Å². The maximum Gasteiger partial charge on any atom is 0.258 e. The number of hydrogen-bond donors (Lipinski definition) is 2. The Balaban J connectivity index is 1.82.